The third kappa shape index (κ3) is 3.23. The first-order valence-corrected chi connectivity index (χ1v) is 7.72. The molecule has 0 bridgehead atoms. The highest BCUT2D eigenvalue weighted by Crippen LogP contribution is 2.29. The minimum absolute atomic E-state index is 0.142. The van der Waals surface area contributed by atoms with E-state index in [1.54, 1.807) is 30.3 Å². The largest absolute Gasteiger partial charge is 0.347 e. The lowest BCUT2D eigenvalue weighted by Gasteiger charge is -2.03. The topological polar surface area (TPSA) is 29.1 Å². The van der Waals surface area contributed by atoms with E-state index in [0.717, 1.165) is 10.4 Å². The van der Waals surface area contributed by atoms with E-state index in [0.29, 0.717) is 17.0 Å². The molecule has 1 amide bonds. The Morgan fingerprint density at radius 3 is 2.45 bits per heavy atom. The molecule has 4 heteroatoms. The average Bonchev–Trinajstić information content (AvgIpc) is 3.04. The van der Waals surface area contributed by atoms with Gasteiger partial charge in [-0.1, -0.05) is 48.5 Å². The summed E-state index contributed by atoms with van der Waals surface area (Å²) in [6.45, 7) is 0.479. The zero-order chi connectivity index (χ0) is 15.4. The molecule has 0 aliphatic rings. The number of hydrogen-bond donors (Lipinski definition) is 1. The standard InChI is InChI=1S/C18H14FNOS/c19-15-9-5-4-8-14(15)16-10-11-17(22-16)18(21)20-12-13-6-2-1-3-7-13/h1-11H,12H2,(H,20,21). The summed E-state index contributed by atoms with van der Waals surface area (Å²) in [6.07, 6.45) is 0. The number of hydrogen-bond acceptors (Lipinski definition) is 2. The van der Waals surface area contributed by atoms with Gasteiger partial charge in [0.1, 0.15) is 5.82 Å². The van der Waals surface area contributed by atoms with Crippen molar-refractivity contribution in [1.29, 1.82) is 0 Å². The average molecular weight is 311 g/mol. The number of rotatable bonds is 4. The fourth-order valence-corrected chi connectivity index (χ4v) is 3.08. The summed E-state index contributed by atoms with van der Waals surface area (Å²) in [5, 5.41) is 2.87. The number of halogens is 1. The number of amides is 1. The Morgan fingerprint density at radius 2 is 1.68 bits per heavy atom. The smallest absolute Gasteiger partial charge is 0.261 e. The highest BCUT2D eigenvalue weighted by Gasteiger charge is 2.12. The minimum Gasteiger partial charge on any atom is -0.347 e. The van der Waals surface area contributed by atoms with Crippen molar-refractivity contribution in [2.75, 3.05) is 0 Å². The van der Waals surface area contributed by atoms with E-state index in [9.17, 15) is 9.18 Å². The van der Waals surface area contributed by atoms with Gasteiger partial charge in [-0.25, -0.2) is 4.39 Å². The van der Waals surface area contributed by atoms with Crippen LogP contribution < -0.4 is 5.32 Å². The monoisotopic (exact) mass is 311 g/mol. The second-order valence-electron chi connectivity index (χ2n) is 4.81. The van der Waals surface area contributed by atoms with E-state index in [1.165, 1.54) is 17.4 Å². The molecule has 0 aliphatic heterocycles. The van der Waals surface area contributed by atoms with Crippen molar-refractivity contribution in [3.63, 3.8) is 0 Å². The van der Waals surface area contributed by atoms with E-state index in [2.05, 4.69) is 5.32 Å². The summed E-state index contributed by atoms with van der Waals surface area (Å²) in [6, 6.07) is 19.8. The highest BCUT2D eigenvalue weighted by molar-refractivity contribution is 7.17. The second kappa shape index (κ2) is 6.54. The van der Waals surface area contributed by atoms with Crippen molar-refractivity contribution >= 4 is 17.2 Å². The van der Waals surface area contributed by atoms with Crippen LogP contribution in [0.2, 0.25) is 0 Å². The zero-order valence-electron chi connectivity index (χ0n) is 11.8. The van der Waals surface area contributed by atoms with Gasteiger partial charge < -0.3 is 5.32 Å². The summed E-state index contributed by atoms with van der Waals surface area (Å²) in [5.74, 6) is -0.419. The van der Waals surface area contributed by atoms with E-state index >= 15 is 0 Å². The Bertz CT molecular complexity index is 783. The Balaban J connectivity index is 1.71. The van der Waals surface area contributed by atoms with Gasteiger partial charge in [0, 0.05) is 17.0 Å². The number of benzene rings is 2. The molecule has 2 nitrogen and oxygen atoms in total. The number of thiophene rings is 1. The Labute approximate surface area is 132 Å². The first-order chi connectivity index (χ1) is 10.7. The normalized spacial score (nSPS) is 10.4. The predicted octanol–water partition coefficient (Wildman–Crippen LogP) is 4.48. The molecule has 1 heterocycles. The van der Waals surface area contributed by atoms with Gasteiger partial charge in [-0.2, -0.15) is 0 Å². The van der Waals surface area contributed by atoms with Crippen LogP contribution in [0.3, 0.4) is 0 Å². The van der Waals surface area contributed by atoms with Gasteiger partial charge in [0.05, 0.1) is 4.88 Å². The van der Waals surface area contributed by atoms with Crippen LogP contribution in [-0.2, 0) is 6.54 Å². The molecular formula is C18H14FNOS. The Kier molecular flexibility index (Phi) is 4.30. The SMILES string of the molecule is O=C(NCc1ccccc1)c1ccc(-c2ccccc2F)s1. The van der Waals surface area contributed by atoms with Gasteiger partial charge in [-0.3, -0.25) is 4.79 Å². The van der Waals surface area contributed by atoms with E-state index in [-0.39, 0.29) is 11.7 Å². The molecule has 0 atom stereocenters. The summed E-state index contributed by atoms with van der Waals surface area (Å²) >= 11 is 1.29. The van der Waals surface area contributed by atoms with Gasteiger partial charge in [0.25, 0.3) is 5.91 Å². The van der Waals surface area contributed by atoms with Gasteiger partial charge >= 0.3 is 0 Å². The quantitative estimate of drug-likeness (QED) is 0.756. The molecule has 2 aromatic carbocycles. The molecule has 3 rings (SSSR count). The molecule has 0 saturated heterocycles. The molecule has 0 aliphatic carbocycles. The van der Waals surface area contributed by atoms with Gasteiger partial charge in [0.15, 0.2) is 0 Å². The van der Waals surface area contributed by atoms with Crippen molar-refractivity contribution in [2.24, 2.45) is 0 Å². The van der Waals surface area contributed by atoms with Crippen LogP contribution in [0.4, 0.5) is 4.39 Å². The lowest BCUT2D eigenvalue weighted by molar-refractivity contribution is 0.0955. The van der Waals surface area contributed by atoms with Crippen LogP contribution in [0, 0.1) is 5.82 Å². The Hall–Kier alpha value is -2.46. The van der Waals surface area contributed by atoms with Crippen LogP contribution in [0.15, 0.2) is 66.7 Å². The molecule has 0 radical (unpaired) electrons. The van der Waals surface area contributed by atoms with Crippen LogP contribution in [0.25, 0.3) is 10.4 Å². The third-order valence-electron chi connectivity index (χ3n) is 3.26. The zero-order valence-corrected chi connectivity index (χ0v) is 12.6. The second-order valence-corrected chi connectivity index (χ2v) is 5.90. The van der Waals surface area contributed by atoms with Crippen LogP contribution in [0.5, 0.6) is 0 Å². The first kappa shape index (κ1) is 14.5. The van der Waals surface area contributed by atoms with E-state index in [1.807, 2.05) is 30.3 Å². The van der Waals surface area contributed by atoms with E-state index < -0.39 is 0 Å². The molecule has 0 saturated carbocycles. The van der Waals surface area contributed by atoms with Crippen molar-refractivity contribution in [1.82, 2.24) is 5.32 Å². The first-order valence-electron chi connectivity index (χ1n) is 6.91. The van der Waals surface area contributed by atoms with Crippen LogP contribution in [0.1, 0.15) is 15.2 Å². The molecule has 1 N–H and O–H groups in total. The summed E-state index contributed by atoms with van der Waals surface area (Å²) in [5.41, 5.74) is 1.57. The maximum Gasteiger partial charge on any atom is 0.261 e. The predicted molar refractivity (Wildman–Crippen MR) is 87.3 cm³/mol. The van der Waals surface area contributed by atoms with E-state index in [4.69, 9.17) is 0 Å². The molecule has 0 spiro atoms. The lowest BCUT2D eigenvalue weighted by atomic mass is 10.2. The van der Waals surface area contributed by atoms with Gasteiger partial charge in [0.2, 0.25) is 0 Å². The molecule has 110 valence electrons. The number of carbonyl (C=O) groups is 1. The number of nitrogens with one attached hydrogen (secondary N) is 1. The molecule has 0 unspecified atom stereocenters. The van der Waals surface area contributed by atoms with Crippen LogP contribution in [-0.4, -0.2) is 5.91 Å². The van der Waals surface area contributed by atoms with Crippen molar-refractivity contribution in [3.05, 3.63) is 83.0 Å². The molecule has 3 aromatic rings. The molecular weight excluding hydrogens is 297 g/mol. The van der Waals surface area contributed by atoms with Crippen molar-refractivity contribution in [3.8, 4) is 10.4 Å². The van der Waals surface area contributed by atoms with Crippen molar-refractivity contribution < 1.29 is 9.18 Å². The lowest BCUT2D eigenvalue weighted by Crippen LogP contribution is -2.21. The van der Waals surface area contributed by atoms with Crippen molar-refractivity contribution in [2.45, 2.75) is 6.54 Å². The van der Waals surface area contributed by atoms with Gasteiger partial charge in [-0.05, 0) is 23.8 Å². The summed E-state index contributed by atoms with van der Waals surface area (Å²) in [4.78, 5) is 13.5. The van der Waals surface area contributed by atoms with Crippen LogP contribution >= 0.6 is 11.3 Å². The Morgan fingerprint density at radius 1 is 0.955 bits per heavy atom. The molecule has 22 heavy (non-hydrogen) atoms. The molecule has 1 aromatic heterocycles. The summed E-state index contributed by atoms with van der Waals surface area (Å²) < 4.78 is 13.8. The minimum atomic E-state index is -0.277. The molecule has 0 fully saturated rings. The fourth-order valence-electron chi connectivity index (χ4n) is 2.13. The maximum atomic E-state index is 13.8. The highest BCUT2D eigenvalue weighted by atomic mass is 32.1. The third-order valence-corrected chi connectivity index (χ3v) is 4.38. The fraction of sp³-hybridized carbons (Fsp3) is 0.0556. The number of carbonyl (C=O) groups excluding carboxylic acids is 1. The maximum absolute atomic E-state index is 13.8. The van der Waals surface area contributed by atoms with Gasteiger partial charge in [-0.15, -0.1) is 11.3 Å². The summed E-state index contributed by atoms with van der Waals surface area (Å²) in [7, 11) is 0.